The fourth-order valence-corrected chi connectivity index (χ4v) is 2.09. The topological polar surface area (TPSA) is 41.9 Å². The van der Waals surface area contributed by atoms with Crippen LogP contribution in [0.1, 0.15) is 25.7 Å². The third-order valence-electron chi connectivity index (χ3n) is 2.80. The molecule has 2 aliphatic rings. The first-order chi connectivity index (χ1) is 6.28. The van der Waals surface area contributed by atoms with Crippen molar-refractivity contribution in [3.63, 3.8) is 0 Å². The first-order valence-electron chi connectivity index (χ1n) is 4.64. The summed E-state index contributed by atoms with van der Waals surface area (Å²) in [4.78, 5) is 17.7. The number of rotatable bonds is 2. The smallest absolute Gasteiger partial charge is 0.257 e. The van der Waals surface area contributed by atoms with Gasteiger partial charge in [0.15, 0.2) is 0 Å². The molecule has 4 nitrogen and oxygen atoms in total. The van der Waals surface area contributed by atoms with Gasteiger partial charge in [-0.2, -0.15) is 0 Å². The van der Waals surface area contributed by atoms with E-state index in [4.69, 9.17) is 4.74 Å². The monoisotopic (exact) mass is 182 g/mol. The van der Waals surface area contributed by atoms with Crippen LogP contribution in [0.4, 0.5) is 0 Å². The normalized spacial score (nSPS) is 25.0. The maximum atomic E-state index is 11.8. The van der Waals surface area contributed by atoms with Gasteiger partial charge in [0.2, 0.25) is 0 Å². The van der Waals surface area contributed by atoms with Crippen molar-refractivity contribution in [2.24, 2.45) is 4.99 Å². The Morgan fingerprint density at radius 2 is 2.31 bits per heavy atom. The van der Waals surface area contributed by atoms with Crippen LogP contribution in [0.15, 0.2) is 4.99 Å². The predicted molar refractivity (Wildman–Crippen MR) is 48.4 cm³/mol. The Bertz CT molecular complexity index is 244. The average Bonchev–Trinajstić information content (AvgIpc) is 2.70. The minimum atomic E-state index is -0.404. The van der Waals surface area contributed by atoms with Crippen LogP contribution >= 0.6 is 0 Å². The summed E-state index contributed by atoms with van der Waals surface area (Å²) in [5.41, 5.74) is -0.404. The lowest BCUT2D eigenvalue weighted by Crippen LogP contribution is -2.39. The molecule has 0 radical (unpaired) electrons. The molecule has 0 unspecified atom stereocenters. The summed E-state index contributed by atoms with van der Waals surface area (Å²) in [7, 11) is 1.58. The second kappa shape index (κ2) is 3.10. The van der Waals surface area contributed by atoms with Crippen molar-refractivity contribution in [3.8, 4) is 0 Å². The van der Waals surface area contributed by atoms with Crippen LogP contribution in [0.2, 0.25) is 0 Å². The fourth-order valence-electron chi connectivity index (χ4n) is 2.09. The zero-order chi connectivity index (χ0) is 9.31. The van der Waals surface area contributed by atoms with Crippen LogP contribution in [0.5, 0.6) is 0 Å². The van der Waals surface area contributed by atoms with Crippen molar-refractivity contribution in [1.82, 2.24) is 4.90 Å². The molecule has 1 aliphatic carbocycles. The van der Waals surface area contributed by atoms with E-state index in [1.807, 2.05) is 0 Å². The Morgan fingerprint density at radius 1 is 1.62 bits per heavy atom. The lowest BCUT2D eigenvalue weighted by atomic mass is 9.98. The molecule has 0 aromatic carbocycles. The number of amides is 1. The predicted octanol–water partition coefficient (Wildman–Crippen LogP) is 0.774. The molecular weight excluding hydrogens is 168 g/mol. The van der Waals surface area contributed by atoms with Gasteiger partial charge in [0, 0.05) is 7.11 Å². The molecule has 2 rings (SSSR count). The van der Waals surface area contributed by atoms with Crippen LogP contribution in [-0.4, -0.2) is 36.5 Å². The second-order valence-electron chi connectivity index (χ2n) is 3.68. The van der Waals surface area contributed by atoms with Crippen LogP contribution in [0, 0.1) is 0 Å². The van der Waals surface area contributed by atoms with E-state index in [0.29, 0.717) is 6.73 Å². The molecule has 4 heteroatoms. The number of hydrogen-bond donors (Lipinski definition) is 0. The van der Waals surface area contributed by atoms with Gasteiger partial charge >= 0.3 is 0 Å². The molecule has 1 spiro atoms. The van der Waals surface area contributed by atoms with E-state index >= 15 is 0 Å². The fraction of sp³-hybridized carbons (Fsp3) is 0.778. The van der Waals surface area contributed by atoms with Gasteiger partial charge in [-0.05, 0) is 12.8 Å². The standard InChI is InChI=1S/C9H14N2O2/c1-13-7-11-6-10-9(8(11)12)4-2-3-5-9/h6H,2-5,7H2,1H3. The molecule has 1 fully saturated rings. The Labute approximate surface area is 77.6 Å². The van der Waals surface area contributed by atoms with Crippen molar-refractivity contribution in [1.29, 1.82) is 0 Å². The Morgan fingerprint density at radius 3 is 2.92 bits per heavy atom. The van der Waals surface area contributed by atoms with E-state index < -0.39 is 5.54 Å². The van der Waals surface area contributed by atoms with E-state index in [9.17, 15) is 4.79 Å². The van der Waals surface area contributed by atoms with Gasteiger partial charge in [0.05, 0.1) is 6.34 Å². The minimum absolute atomic E-state index is 0.117. The second-order valence-corrected chi connectivity index (χ2v) is 3.68. The first kappa shape index (κ1) is 8.69. The lowest BCUT2D eigenvalue weighted by Gasteiger charge is -2.19. The van der Waals surface area contributed by atoms with Crippen LogP contribution in [-0.2, 0) is 9.53 Å². The first-order valence-corrected chi connectivity index (χ1v) is 4.64. The van der Waals surface area contributed by atoms with Crippen molar-refractivity contribution in [2.45, 2.75) is 31.2 Å². The van der Waals surface area contributed by atoms with Gasteiger partial charge in [-0.3, -0.25) is 14.7 Å². The summed E-state index contributed by atoms with van der Waals surface area (Å²) in [6.45, 7) is 0.323. The highest BCUT2D eigenvalue weighted by molar-refractivity contribution is 6.00. The summed E-state index contributed by atoms with van der Waals surface area (Å²) >= 11 is 0. The van der Waals surface area contributed by atoms with E-state index in [1.54, 1.807) is 18.3 Å². The largest absolute Gasteiger partial charge is 0.364 e. The number of aliphatic imine (C=N–C) groups is 1. The van der Waals surface area contributed by atoms with E-state index in [1.165, 1.54) is 0 Å². The molecule has 1 saturated carbocycles. The maximum absolute atomic E-state index is 11.8. The zero-order valence-corrected chi connectivity index (χ0v) is 7.82. The molecule has 0 N–H and O–H groups in total. The van der Waals surface area contributed by atoms with Gasteiger partial charge in [0.25, 0.3) is 5.91 Å². The zero-order valence-electron chi connectivity index (χ0n) is 7.82. The molecule has 0 atom stereocenters. The number of carbonyl (C=O) groups is 1. The van der Waals surface area contributed by atoms with Crippen molar-refractivity contribution < 1.29 is 9.53 Å². The minimum Gasteiger partial charge on any atom is -0.364 e. The maximum Gasteiger partial charge on any atom is 0.257 e. The van der Waals surface area contributed by atoms with Gasteiger partial charge in [0.1, 0.15) is 12.3 Å². The van der Waals surface area contributed by atoms with Gasteiger partial charge in [-0.25, -0.2) is 0 Å². The molecule has 0 aromatic rings. The molecule has 0 bridgehead atoms. The summed E-state index contributed by atoms with van der Waals surface area (Å²) < 4.78 is 4.91. The molecule has 0 saturated heterocycles. The summed E-state index contributed by atoms with van der Waals surface area (Å²) in [6, 6.07) is 0. The van der Waals surface area contributed by atoms with Crippen LogP contribution < -0.4 is 0 Å². The van der Waals surface area contributed by atoms with E-state index in [2.05, 4.69) is 4.99 Å². The van der Waals surface area contributed by atoms with E-state index in [-0.39, 0.29) is 5.91 Å². The highest BCUT2D eigenvalue weighted by Crippen LogP contribution is 2.37. The van der Waals surface area contributed by atoms with E-state index in [0.717, 1.165) is 25.7 Å². The SMILES string of the molecule is COCN1C=NC2(CCCC2)C1=O. The number of carbonyl (C=O) groups excluding carboxylic acids is 1. The molecule has 1 amide bonds. The Kier molecular flexibility index (Phi) is 2.07. The molecule has 1 heterocycles. The number of ether oxygens (including phenoxy) is 1. The van der Waals surface area contributed by atoms with Crippen molar-refractivity contribution in [3.05, 3.63) is 0 Å². The van der Waals surface area contributed by atoms with Gasteiger partial charge in [-0.15, -0.1) is 0 Å². The summed E-state index contributed by atoms with van der Waals surface area (Å²) in [5, 5.41) is 0. The third-order valence-corrected chi connectivity index (χ3v) is 2.80. The average molecular weight is 182 g/mol. The number of methoxy groups -OCH3 is 1. The van der Waals surface area contributed by atoms with Crippen LogP contribution in [0.25, 0.3) is 0 Å². The van der Waals surface area contributed by atoms with Crippen molar-refractivity contribution >= 4 is 12.2 Å². The highest BCUT2D eigenvalue weighted by atomic mass is 16.5. The molecule has 0 aromatic heterocycles. The lowest BCUT2D eigenvalue weighted by molar-refractivity contribution is -0.133. The highest BCUT2D eigenvalue weighted by Gasteiger charge is 2.46. The molecular formula is C9H14N2O2. The van der Waals surface area contributed by atoms with Crippen LogP contribution in [0.3, 0.4) is 0 Å². The van der Waals surface area contributed by atoms with Crippen molar-refractivity contribution in [2.75, 3.05) is 13.8 Å². The molecule has 1 aliphatic heterocycles. The number of nitrogens with zero attached hydrogens (tertiary/aromatic N) is 2. The quantitative estimate of drug-likeness (QED) is 0.633. The van der Waals surface area contributed by atoms with Gasteiger partial charge in [-0.1, -0.05) is 12.8 Å². The van der Waals surface area contributed by atoms with Gasteiger partial charge < -0.3 is 4.74 Å². The Balaban J connectivity index is 2.10. The number of hydrogen-bond acceptors (Lipinski definition) is 3. The molecule has 13 heavy (non-hydrogen) atoms. The molecule has 72 valence electrons. The summed E-state index contributed by atoms with van der Waals surface area (Å²) in [6.07, 6.45) is 5.66. The Hall–Kier alpha value is -0.900. The third kappa shape index (κ3) is 1.25. The summed E-state index contributed by atoms with van der Waals surface area (Å²) in [5.74, 6) is 0.117.